The third kappa shape index (κ3) is 2.35. The number of carbonyl (C=O) groups excluding carboxylic acids is 1. The lowest BCUT2D eigenvalue weighted by Gasteiger charge is -2.04. The number of hydrogen-bond acceptors (Lipinski definition) is 4. The Bertz CT molecular complexity index is 643. The molecule has 6 heteroatoms. The molecule has 0 aliphatic rings. The van der Waals surface area contributed by atoms with Gasteiger partial charge >= 0.3 is 0 Å². The first-order valence-electron chi connectivity index (χ1n) is 5.04. The molecule has 1 aromatic heterocycles. The molecule has 1 heterocycles. The predicted octanol–water partition coefficient (Wildman–Crippen LogP) is 2.25. The van der Waals surface area contributed by atoms with Crippen molar-refractivity contribution in [2.45, 2.75) is 6.92 Å². The average molecular weight is 245 g/mol. The fourth-order valence-corrected chi connectivity index (χ4v) is 1.37. The molecule has 0 fully saturated rings. The molecule has 0 saturated carbocycles. The molecule has 2 rings (SSSR count). The molecular weight excluding hydrogens is 237 g/mol. The van der Waals surface area contributed by atoms with Gasteiger partial charge in [-0.3, -0.25) is 4.79 Å². The van der Waals surface area contributed by atoms with Gasteiger partial charge in [0.15, 0.2) is 0 Å². The minimum atomic E-state index is -0.543. The zero-order valence-electron chi connectivity index (χ0n) is 9.40. The lowest BCUT2D eigenvalue weighted by atomic mass is 10.2. The number of nitriles is 1. The molecule has 0 aliphatic heterocycles. The molecule has 0 atom stereocenters. The van der Waals surface area contributed by atoms with Gasteiger partial charge in [0.25, 0.3) is 5.91 Å². The van der Waals surface area contributed by atoms with Crippen molar-refractivity contribution in [2.24, 2.45) is 0 Å². The number of amides is 1. The summed E-state index contributed by atoms with van der Waals surface area (Å²) in [6, 6.07) is 6.77. The van der Waals surface area contributed by atoms with Crippen molar-refractivity contribution in [3.05, 3.63) is 47.1 Å². The summed E-state index contributed by atoms with van der Waals surface area (Å²) in [6.45, 7) is 1.68. The highest BCUT2D eigenvalue weighted by molar-refractivity contribution is 6.02. The third-order valence-corrected chi connectivity index (χ3v) is 2.20. The average Bonchev–Trinajstić information content (AvgIpc) is 2.78. The summed E-state index contributed by atoms with van der Waals surface area (Å²) in [4.78, 5) is 11.7. The van der Waals surface area contributed by atoms with Crippen molar-refractivity contribution in [2.75, 3.05) is 5.32 Å². The summed E-state index contributed by atoms with van der Waals surface area (Å²) in [5.41, 5.74) is 0.831. The summed E-state index contributed by atoms with van der Waals surface area (Å²) < 4.78 is 17.7. The molecule has 1 aromatic carbocycles. The minimum absolute atomic E-state index is 0.0284. The lowest BCUT2D eigenvalue weighted by Crippen LogP contribution is -2.12. The van der Waals surface area contributed by atoms with Crippen LogP contribution in [0, 0.1) is 24.1 Å². The monoisotopic (exact) mass is 245 g/mol. The first-order valence-corrected chi connectivity index (χ1v) is 5.04. The van der Waals surface area contributed by atoms with E-state index in [4.69, 9.17) is 9.78 Å². The van der Waals surface area contributed by atoms with Crippen LogP contribution < -0.4 is 5.32 Å². The van der Waals surface area contributed by atoms with Crippen LogP contribution in [0.2, 0.25) is 0 Å². The van der Waals surface area contributed by atoms with Gasteiger partial charge in [-0.15, -0.1) is 0 Å². The Balaban J connectivity index is 2.25. The number of carbonyl (C=O) groups is 1. The summed E-state index contributed by atoms with van der Waals surface area (Å²) in [5.74, 6) is -1.06. The predicted molar refractivity (Wildman–Crippen MR) is 60.3 cm³/mol. The Morgan fingerprint density at radius 2 is 2.28 bits per heavy atom. The van der Waals surface area contributed by atoms with Crippen LogP contribution in [-0.2, 0) is 0 Å². The molecule has 0 bridgehead atoms. The molecule has 5 nitrogen and oxygen atoms in total. The largest absolute Gasteiger partial charge is 0.351 e. The number of anilines is 1. The van der Waals surface area contributed by atoms with E-state index >= 15 is 0 Å². The lowest BCUT2D eigenvalue weighted by molar-refractivity contribution is 0.0988. The van der Waals surface area contributed by atoms with Gasteiger partial charge < -0.3 is 9.84 Å². The van der Waals surface area contributed by atoms with Crippen LogP contribution in [-0.4, -0.2) is 11.1 Å². The molecule has 2 aromatic rings. The zero-order valence-corrected chi connectivity index (χ0v) is 9.40. The maximum atomic E-state index is 12.9. The van der Waals surface area contributed by atoms with Crippen molar-refractivity contribution >= 4 is 11.6 Å². The Kier molecular flexibility index (Phi) is 3.06. The van der Waals surface area contributed by atoms with E-state index in [1.54, 1.807) is 13.0 Å². The van der Waals surface area contributed by atoms with Crippen LogP contribution in [0.1, 0.15) is 21.8 Å². The van der Waals surface area contributed by atoms with Gasteiger partial charge in [-0.2, -0.15) is 5.26 Å². The maximum Gasteiger partial charge on any atom is 0.294 e. The molecule has 0 saturated heterocycles. The van der Waals surface area contributed by atoms with E-state index < -0.39 is 11.7 Å². The number of nitrogens with zero attached hydrogens (tertiary/aromatic N) is 2. The molecule has 1 N–H and O–H groups in total. The van der Waals surface area contributed by atoms with Crippen LogP contribution in [0.3, 0.4) is 0 Å². The summed E-state index contributed by atoms with van der Waals surface area (Å²) in [6.07, 6.45) is 0. The third-order valence-electron chi connectivity index (χ3n) is 2.20. The molecule has 1 amide bonds. The van der Waals surface area contributed by atoms with Gasteiger partial charge in [-0.25, -0.2) is 4.39 Å². The van der Waals surface area contributed by atoms with Crippen molar-refractivity contribution in [1.29, 1.82) is 5.26 Å². The van der Waals surface area contributed by atoms with Crippen molar-refractivity contribution in [1.82, 2.24) is 5.16 Å². The molecule has 0 radical (unpaired) electrons. The second-order valence-corrected chi connectivity index (χ2v) is 3.59. The fourth-order valence-electron chi connectivity index (χ4n) is 1.37. The second-order valence-electron chi connectivity index (χ2n) is 3.59. The highest BCUT2D eigenvalue weighted by Crippen LogP contribution is 2.17. The van der Waals surface area contributed by atoms with Crippen molar-refractivity contribution in [3.63, 3.8) is 0 Å². The van der Waals surface area contributed by atoms with E-state index in [2.05, 4.69) is 10.5 Å². The number of rotatable bonds is 2. The van der Waals surface area contributed by atoms with E-state index in [0.717, 1.165) is 12.1 Å². The summed E-state index contributed by atoms with van der Waals surface area (Å²) in [5, 5.41) is 14.9. The van der Waals surface area contributed by atoms with Gasteiger partial charge in [0, 0.05) is 6.07 Å². The van der Waals surface area contributed by atoms with Crippen molar-refractivity contribution in [3.8, 4) is 6.07 Å². The second kappa shape index (κ2) is 4.67. The number of aromatic nitrogens is 1. The standard InChI is InChI=1S/C12H8FN3O2/c1-7-4-11(18-16-7)12(17)15-10-3-2-9(13)5-8(10)6-14/h2-5H,1H3,(H,15,17). The smallest absolute Gasteiger partial charge is 0.294 e. The first kappa shape index (κ1) is 11.8. The van der Waals surface area contributed by atoms with E-state index in [1.807, 2.05) is 0 Å². The maximum absolute atomic E-state index is 12.9. The number of hydrogen-bond donors (Lipinski definition) is 1. The molecular formula is C12H8FN3O2. The topological polar surface area (TPSA) is 78.9 Å². The summed E-state index contributed by atoms with van der Waals surface area (Å²) in [7, 11) is 0. The first-order chi connectivity index (χ1) is 8.60. The van der Waals surface area contributed by atoms with Crippen molar-refractivity contribution < 1.29 is 13.7 Å². The Morgan fingerprint density at radius 3 is 2.89 bits per heavy atom. The number of halogens is 1. The number of benzene rings is 1. The summed E-state index contributed by atoms with van der Waals surface area (Å²) >= 11 is 0. The van der Waals surface area contributed by atoms with Crippen LogP contribution >= 0.6 is 0 Å². The quantitative estimate of drug-likeness (QED) is 0.879. The van der Waals surface area contributed by atoms with Gasteiger partial charge in [0.1, 0.15) is 11.9 Å². The normalized spacial score (nSPS) is 9.83. The van der Waals surface area contributed by atoms with Gasteiger partial charge in [-0.1, -0.05) is 5.16 Å². The Hall–Kier alpha value is -2.68. The van der Waals surface area contributed by atoms with Gasteiger partial charge in [0.05, 0.1) is 16.9 Å². The highest BCUT2D eigenvalue weighted by Gasteiger charge is 2.13. The van der Waals surface area contributed by atoms with Gasteiger partial charge in [-0.05, 0) is 25.1 Å². The minimum Gasteiger partial charge on any atom is -0.351 e. The van der Waals surface area contributed by atoms with E-state index in [1.165, 1.54) is 12.1 Å². The SMILES string of the molecule is Cc1cc(C(=O)Nc2ccc(F)cc2C#N)on1. The van der Waals surface area contributed by atoms with Crippen LogP contribution in [0.4, 0.5) is 10.1 Å². The number of aryl methyl sites for hydroxylation is 1. The van der Waals surface area contributed by atoms with Gasteiger partial charge in [0.2, 0.25) is 5.76 Å². The molecule has 0 spiro atoms. The molecule has 90 valence electrons. The van der Waals surface area contributed by atoms with Crippen LogP contribution in [0.15, 0.2) is 28.8 Å². The zero-order chi connectivity index (χ0) is 13.1. The Labute approximate surface area is 102 Å². The molecule has 0 unspecified atom stereocenters. The van der Waals surface area contributed by atoms with Crippen LogP contribution in [0.25, 0.3) is 0 Å². The van der Waals surface area contributed by atoms with E-state index in [0.29, 0.717) is 5.69 Å². The fraction of sp³-hybridized carbons (Fsp3) is 0.0833. The van der Waals surface area contributed by atoms with E-state index in [-0.39, 0.29) is 17.0 Å². The Morgan fingerprint density at radius 1 is 1.50 bits per heavy atom. The van der Waals surface area contributed by atoms with Crippen LogP contribution in [0.5, 0.6) is 0 Å². The molecule has 0 aliphatic carbocycles. The molecule has 18 heavy (non-hydrogen) atoms. The number of nitrogens with one attached hydrogen (secondary N) is 1. The van der Waals surface area contributed by atoms with E-state index in [9.17, 15) is 9.18 Å². The highest BCUT2D eigenvalue weighted by atomic mass is 19.1.